The Morgan fingerprint density at radius 3 is 2.19 bits per heavy atom. The van der Waals surface area contributed by atoms with Gasteiger partial charge in [0.1, 0.15) is 4.88 Å². The molecule has 222 valence electrons. The van der Waals surface area contributed by atoms with Gasteiger partial charge in [-0.15, -0.1) is 5.10 Å². The van der Waals surface area contributed by atoms with Crippen molar-refractivity contribution < 1.29 is 14.4 Å². The predicted molar refractivity (Wildman–Crippen MR) is 166 cm³/mol. The van der Waals surface area contributed by atoms with Crippen LogP contribution in [0.2, 0.25) is 0 Å². The van der Waals surface area contributed by atoms with Gasteiger partial charge in [0.05, 0.1) is 17.1 Å². The molecule has 2 fully saturated rings. The summed E-state index contributed by atoms with van der Waals surface area (Å²) in [5.74, 6) is -0.337. The molecule has 3 heterocycles. The molecule has 1 aromatic heterocycles. The molecule has 11 heteroatoms. The summed E-state index contributed by atoms with van der Waals surface area (Å²) in [6, 6.07) is 13.4. The van der Waals surface area contributed by atoms with Crippen LogP contribution in [0.3, 0.4) is 0 Å². The van der Waals surface area contributed by atoms with E-state index in [9.17, 15) is 14.4 Å². The molecule has 0 bridgehead atoms. The summed E-state index contributed by atoms with van der Waals surface area (Å²) in [7, 11) is 0. The van der Waals surface area contributed by atoms with Gasteiger partial charge in [-0.25, -0.2) is 0 Å². The molecule has 2 aliphatic heterocycles. The van der Waals surface area contributed by atoms with E-state index < -0.39 is 0 Å². The van der Waals surface area contributed by atoms with Crippen LogP contribution < -0.4 is 15.5 Å². The minimum Gasteiger partial charge on any atom is -0.368 e. The summed E-state index contributed by atoms with van der Waals surface area (Å²) in [5.41, 5.74) is 4.38. The predicted octanol–water partition coefficient (Wildman–Crippen LogP) is 3.79. The van der Waals surface area contributed by atoms with E-state index in [0.717, 1.165) is 36.7 Å². The SMILES string of the molecule is Cc1nnsc1C(=O)Nc1cc(C(=O)N2CCNCC2)ccc1N1CCCN(C(=O)c2ccc(C(C)(C)C)cc2)CC1. The Labute approximate surface area is 251 Å². The highest BCUT2D eigenvalue weighted by Crippen LogP contribution is 2.30. The molecular formula is C31H39N7O3S. The van der Waals surface area contributed by atoms with Gasteiger partial charge in [0.25, 0.3) is 17.7 Å². The summed E-state index contributed by atoms with van der Waals surface area (Å²) < 4.78 is 3.90. The fourth-order valence-electron chi connectivity index (χ4n) is 5.37. The first-order chi connectivity index (χ1) is 20.1. The van der Waals surface area contributed by atoms with Gasteiger partial charge in [-0.1, -0.05) is 37.4 Å². The minimum atomic E-state index is -0.305. The zero-order valence-electron chi connectivity index (χ0n) is 24.8. The maximum Gasteiger partial charge on any atom is 0.269 e. The number of rotatable bonds is 5. The van der Waals surface area contributed by atoms with Crippen molar-refractivity contribution >= 4 is 40.6 Å². The lowest BCUT2D eigenvalue weighted by molar-refractivity contribution is 0.0734. The second-order valence-corrected chi connectivity index (χ2v) is 12.6. The highest BCUT2D eigenvalue weighted by molar-refractivity contribution is 7.08. The van der Waals surface area contributed by atoms with Gasteiger partial charge < -0.3 is 25.3 Å². The van der Waals surface area contributed by atoms with Crippen LogP contribution in [0, 0.1) is 6.92 Å². The number of anilines is 2. The van der Waals surface area contributed by atoms with E-state index in [-0.39, 0.29) is 23.1 Å². The Morgan fingerprint density at radius 2 is 1.52 bits per heavy atom. The van der Waals surface area contributed by atoms with Gasteiger partial charge in [0.2, 0.25) is 0 Å². The maximum atomic E-state index is 13.4. The number of amides is 3. The molecule has 5 rings (SSSR count). The Balaban J connectivity index is 1.36. The summed E-state index contributed by atoms with van der Waals surface area (Å²) in [4.78, 5) is 46.3. The van der Waals surface area contributed by atoms with Crippen molar-refractivity contribution in [3.05, 3.63) is 69.7 Å². The number of carbonyl (C=O) groups excluding carboxylic acids is 3. The van der Waals surface area contributed by atoms with Crippen molar-refractivity contribution in [3.63, 3.8) is 0 Å². The quantitative estimate of drug-likeness (QED) is 0.466. The molecule has 0 saturated carbocycles. The molecule has 2 N–H and O–H groups in total. The van der Waals surface area contributed by atoms with Gasteiger partial charge in [0, 0.05) is 63.5 Å². The van der Waals surface area contributed by atoms with Crippen molar-refractivity contribution in [3.8, 4) is 0 Å². The van der Waals surface area contributed by atoms with Crippen LogP contribution in [0.15, 0.2) is 42.5 Å². The van der Waals surface area contributed by atoms with E-state index in [1.165, 1.54) is 5.56 Å². The molecule has 0 radical (unpaired) electrons. The summed E-state index contributed by atoms with van der Waals surface area (Å²) in [6.45, 7) is 13.5. The molecule has 2 aromatic carbocycles. The molecule has 10 nitrogen and oxygen atoms in total. The molecule has 0 atom stereocenters. The number of benzene rings is 2. The molecule has 0 aliphatic carbocycles. The lowest BCUT2D eigenvalue weighted by Gasteiger charge is -2.29. The summed E-state index contributed by atoms with van der Waals surface area (Å²) >= 11 is 1.05. The first-order valence-electron chi connectivity index (χ1n) is 14.5. The van der Waals surface area contributed by atoms with Crippen LogP contribution in [0.4, 0.5) is 11.4 Å². The Kier molecular flexibility index (Phi) is 8.88. The van der Waals surface area contributed by atoms with Crippen molar-refractivity contribution in [2.45, 2.75) is 39.5 Å². The third-order valence-electron chi connectivity index (χ3n) is 7.88. The molecular weight excluding hydrogens is 550 g/mol. The van der Waals surface area contributed by atoms with E-state index in [1.807, 2.05) is 46.2 Å². The third kappa shape index (κ3) is 6.63. The van der Waals surface area contributed by atoms with Crippen molar-refractivity contribution in [2.24, 2.45) is 0 Å². The minimum absolute atomic E-state index is 0.0240. The van der Waals surface area contributed by atoms with Crippen LogP contribution in [0.25, 0.3) is 0 Å². The Morgan fingerprint density at radius 1 is 0.857 bits per heavy atom. The normalized spacial score (nSPS) is 16.2. The number of hydrogen-bond donors (Lipinski definition) is 2. The lowest BCUT2D eigenvalue weighted by atomic mass is 9.86. The molecule has 42 heavy (non-hydrogen) atoms. The number of piperazine rings is 1. The van der Waals surface area contributed by atoms with Crippen LogP contribution >= 0.6 is 11.5 Å². The second kappa shape index (κ2) is 12.6. The van der Waals surface area contributed by atoms with Crippen molar-refractivity contribution in [1.29, 1.82) is 0 Å². The van der Waals surface area contributed by atoms with Crippen LogP contribution in [0.1, 0.15) is 68.8 Å². The van der Waals surface area contributed by atoms with Gasteiger partial charge in [-0.3, -0.25) is 14.4 Å². The Bertz CT molecular complexity index is 1440. The topological polar surface area (TPSA) is 111 Å². The van der Waals surface area contributed by atoms with Gasteiger partial charge >= 0.3 is 0 Å². The standard InChI is InChI=1S/C31H39N7O3S/c1-21-27(42-35-34-21)28(39)33-25-20-23(30(41)38-16-12-32-13-17-38)8-11-26(25)36-14-5-15-37(19-18-36)29(40)22-6-9-24(10-7-22)31(2,3)4/h6-11,20,32H,5,12-19H2,1-4H3,(H,33,39). The Hall–Kier alpha value is -3.83. The third-order valence-corrected chi connectivity index (χ3v) is 8.70. The first-order valence-corrected chi connectivity index (χ1v) is 15.3. The van der Waals surface area contributed by atoms with Crippen LogP contribution in [-0.2, 0) is 5.41 Å². The van der Waals surface area contributed by atoms with Crippen LogP contribution in [0.5, 0.6) is 0 Å². The highest BCUT2D eigenvalue weighted by atomic mass is 32.1. The second-order valence-electron chi connectivity index (χ2n) is 11.9. The number of nitrogens with one attached hydrogen (secondary N) is 2. The number of hydrogen-bond acceptors (Lipinski definition) is 8. The smallest absolute Gasteiger partial charge is 0.269 e. The monoisotopic (exact) mass is 589 g/mol. The number of aromatic nitrogens is 2. The fourth-order valence-corrected chi connectivity index (χ4v) is 5.92. The van der Waals surface area contributed by atoms with Gasteiger partial charge in [-0.05, 0) is 66.2 Å². The molecule has 2 aliphatic rings. The molecule has 3 aromatic rings. The maximum absolute atomic E-state index is 13.4. The summed E-state index contributed by atoms with van der Waals surface area (Å²) in [5, 5.41) is 10.3. The molecule has 0 spiro atoms. The summed E-state index contributed by atoms with van der Waals surface area (Å²) in [6.07, 6.45) is 0.776. The zero-order chi connectivity index (χ0) is 29.9. The first kappa shape index (κ1) is 29.7. The van der Waals surface area contributed by atoms with E-state index in [2.05, 4.69) is 45.9 Å². The highest BCUT2D eigenvalue weighted by Gasteiger charge is 2.25. The zero-order valence-corrected chi connectivity index (χ0v) is 25.6. The van der Waals surface area contributed by atoms with E-state index in [4.69, 9.17) is 0 Å². The van der Waals surface area contributed by atoms with E-state index in [0.29, 0.717) is 66.7 Å². The average Bonchev–Trinajstić information content (AvgIpc) is 3.28. The number of carbonyl (C=O) groups is 3. The molecule has 3 amide bonds. The van der Waals surface area contributed by atoms with Gasteiger partial charge in [-0.2, -0.15) is 0 Å². The number of aryl methyl sites for hydroxylation is 1. The lowest BCUT2D eigenvalue weighted by Crippen LogP contribution is -2.46. The molecule has 0 unspecified atom stereocenters. The fraction of sp³-hybridized carbons (Fsp3) is 0.452. The largest absolute Gasteiger partial charge is 0.368 e. The van der Waals surface area contributed by atoms with Crippen molar-refractivity contribution in [1.82, 2.24) is 24.7 Å². The van der Waals surface area contributed by atoms with E-state index >= 15 is 0 Å². The molecule has 2 saturated heterocycles. The number of nitrogens with zero attached hydrogens (tertiary/aromatic N) is 5. The van der Waals surface area contributed by atoms with Gasteiger partial charge in [0.15, 0.2) is 0 Å². The van der Waals surface area contributed by atoms with E-state index in [1.54, 1.807) is 13.0 Å². The average molecular weight is 590 g/mol. The van der Waals surface area contributed by atoms with Crippen LogP contribution in [-0.4, -0.2) is 89.5 Å². The van der Waals surface area contributed by atoms with Crippen molar-refractivity contribution in [2.75, 3.05) is 62.6 Å².